The Kier molecular flexibility index (Phi) is 4.21. The average Bonchev–Trinajstić information content (AvgIpc) is 2.97. The third-order valence-corrected chi connectivity index (χ3v) is 4.50. The van der Waals surface area contributed by atoms with E-state index >= 15 is 0 Å². The molecule has 3 rings (SSSR count). The summed E-state index contributed by atoms with van der Waals surface area (Å²) >= 11 is 5.99. The third kappa shape index (κ3) is 2.88. The van der Waals surface area contributed by atoms with Crippen molar-refractivity contribution < 1.29 is 9.32 Å². The standard InChI is InChI=1S/C17H19ClN2O2/c1-11-5-3-6-12(2)20(11)17(21)15-10-16(22-19-15)13-7-4-8-14(18)9-13/h4,7-12H,3,5-6H2,1-2H3/t11-,12-/m1/s1. The largest absolute Gasteiger partial charge is 0.355 e. The normalized spacial score (nSPS) is 21.9. The summed E-state index contributed by atoms with van der Waals surface area (Å²) in [5.74, 6) is 0.500. The van der Waals surface area contributed by atoms with Gasteiger partial charge in [0.15, 0.2) is 11.5 Å². The zero-order valence-corrected chi connectivity index (χ0v) is 13.5. The first-order valence-corrected chi connectivity index (χ1v) is 7.99. The van der Waals surface area contributed by atoms with E-state index in [0.717, 1.165) is 18.4 Å². The maximum absolute atomic E-state index is 12.7. The van der Waals surface area contributed by atoms with Gasteiger partial charge in [0.1, 0.15) is 0 Å². The number of carbonyl (C=O) groups is 1. The Morgan fingerprint density at radius 3 is 2.68 bits per heavy atom. The summed E-state index contributed by atoms with van der Waals surface area (Å²) in [6.07, 6.45) is 3.24. The third-order valence-electron chi connectivity index (χ3n) is 4.27. The molecule has 0 unspecified atom stereocenters. The monoisotopic (exact) mass is 318 g/mol. The summed E-state index contributed by atoms with van der Waals surface area (Å²) in [5.41, 5.74) is 1.18. The number of nitrogens with zero attached hydrogens (tertiary/aromatic N) is 2. The number of aromatic nitrogens is 1. The van der Waals surface area contributed by atoms with Gasteiger partial charge in [-0.25, -0.2) is 0 Å². The van der Waals surface area contributed by atoms with Crippen molar-refractivity contribution in [2.45, 2.75) is 45.2 Å². The van der Waals surface area contributed by atoms with Crippen molar-refractivity contribution >= 4 is 17.5 Å². The summed E-state index contributed by atoms with van der Waals surface area (Å²) < 4.78 is 5.33. The SMILES string of the molecule is C[C@@H]1CCC[C@@H](C)N1C(=O)c1cc(-c2cccc(Cl)c2)on1. The Morgan fingerprint density at radius 2 is 2.00 bits per heavy atom. The summed E-state index contributed by atoms with van der Waals surface area (Å²) in [5, 5.41) is 4.58. The van der Waals surface area contributed by atoms with Crippen LogP contribution in [0.15, 0.2) is 34.9 Å². The number of likely N-dealkylation sites (tertiary alicyclic amines) is 1. The van der Waals surface area contributed by atoms with Crippen molar-refractivity contribution in [3.8, 4) is 11.3 Å². The van der Waals surface area contributed by atoms with Gasteiger partial charge in [-0.15, -0.1) is 0 Å². The molecular formula is C17H19ClN2O2. The van der Waals surface area contributed by atoms with Crippen LogP contribution in [0.2, 0.25) is 5.02 Å². The van der Waals surface area contributed by atoms with Crippen LogP contribution in [0.25, 0.3) is 11.3 Å². The highest BCUT2D eigenvalue weighted by Gasteiger charge is 2.31. The Bertz CT molecular complexity index is 673. The lowest BCUT2D eigenvalue weighted by Crippen LogP contribution is -2.47. The summed E-state index contributed by atoms with van der Waals surface area (Å²) in [7, 11) is 0. The number of piperidine rings is 1. The van der Waals surface area contributed by atoms with Crippen LogP contribution in [-0.2, 0) is 0 Å². The highest BCUT2D eigenvalue weighted by Crippen LogP contribution is 2.27. The van der Waals surface area contributed by atoms with Gasteiger partial charge >= 0.3 is 0 Å². The molecule has 22 heavy (non-hydrogen) atoms. The van der Waals surface area contributed by atoms with Crippen LogP contribution in [0.3, 0.4) is 0 Å². The van der Waals surface area contributed by atoms with Gasteiger partial charge in [0.25, 0.3) is 5.91 Å². The van der Waals surface area contributed by atoms with Gasteiger partial charge in [-0.3, -0.25) is 4.79 Å². The number of hydrogen-bond donors (Lipinski definition) is 0. The molecule has 0 radical (unpaired) electrons. The minimum Gasteiger partial charge on any atom is -0.355 e. The summed E-state index contributed by atoms with van der Waals surface area (Å²) in [6.45, 7) is 4.18. The fourth-order valence-electron chi connectivity index (χ4n) is 3.11. The molecule has 1 aliphatic rings. The second kappa shape index (κ2) is 6.13. The van der Waals surface area contributed by atoms with Crippen molar-refractivity contribution in [1.82, 2.24) is 10.1 Å². The second-order valence-electron chi connectivity index (χ2n) is 5.93. The first-order valence-electron chi connectivity index (χ1n) is 7.61. The number of hydrogen-bond acceptors (Lipinski definition) is 3. The number of carbonyl (C=O) groups excluding carboxylic acids is 1. The molecule has 1 aliphatic heterocycles. The molecule has 2 aromatic rings. The quantitative estimate of drug-likeness (QED) is 0.824. The Hall–Kier alpha value is -1.81. The predicted octanol–water partition coefficient (Wildman–Crippen LogP) is 4.40. The van der Waals surface area contributed by atoms with E-state index in [1.807, 2.05) is 17.0 Å². The molecule has 0 N–H and O–H groups in total. The topological polar surface area (TPSA) is 46.3 Å². The minimum atomic E-state index is -0.0586. The van der Waals surface area contributed by atoms with Gasteiger partial charge < -0.3 is 9.42 Å². The smallest absolute Gasteiger partial charge is 0.276 e. The van der Waals surface area contributed by atoms with Crippen LogP contribution >= 0.6 is 11.6 Å². The summed E-state index contributed by atoms with van der Waals surface area (Å²) in [4.78, 5) is 14.6. The fourth-order valence-corrected chi connectivity index (χ4v) is 3.30. The number of rotatable bonds is 2. The van der Waals surface area contributed by atoms with Gasteiger partial charge in [0.2, 0.25) is 0 Å². The Labute approximate surface area is 135 Å². The molecular weight excluding hydrogens is 300 g/mol. The molecule has 0 aliphatic carbocycles. The Morgan fingerprint density at radius 1 is 1.27 bits per heavy atom. The van der Waals surface area contributed by atoms with Gasteiger partial charge in [-0.2, -0.15) is 0 Å². The van der Waals surface area contributed by atoms with Crippen molar-refractivity contribution in [2.75, 3.05) is 0 Å². The molecule has 2 atom stereocenters. The maximum Gasteiger partial charge on any atom is 0.276 e. The molecule has 116 valence electrons. The van der Waals surface area contributed by atoms with Gasteiger partial charge in [0.05, 0.1) is 0 Å². The lowest BCUT2D eigenvalue weighted by atomic mass is 9.97. The van der Waals surface area contributed by atoms with Crippen LogP contribution in [0, 0.1) is 0 Å². The van der Waals surface area contributed by atoms with Gasteiger partial charge in [-0.1, -0.05) is 28.9 Å². The predicted molar refractivity (Wildman–Crippen MR) is 85.9 cm³/mol. The zero-order valence-electron chi connectivity index (χ0n) is 12.8. The van der Waals surface area contributed by atoms with E-state index in [-0.39, 0.29) is 18.0 Å². The molecule has 0 saturated carbocycles. The zero-order chi connectivity index (χ0) is 15.7. The number of halogens is 1. The highest BCUT2D eigenvalue weighted by molar-refractivity contribution is 6.30. The molecule has 5 heteroatoms. The molecule has 1 amide bonds. The van der Waals surface area contributed by atoms with Crippen molar-refractivity contribution in [3.05, 3.63) is 41.0 Å². The molecule has 0 bridgehead atoms. The van der Waals surface area contributed by atoms with Gasteiger partial charge in [0, 0.05) is 28.7 Å². The van der Waals surface area contributed by atoms with E-state index in [2.05, 4.69) is 19.0 Å². The first-order chi connectivity index (χ1) is 10.6. The van der Waals surface area contributed by atoms with E-state index in [1.54, 1.807) is 18.2 Å². The minimum absolute atomic E-state index is 0.0586. The molecule has 4 nitrogen and oxygen atoms in total. The van der Waals surface area contributed by atoms with E-state index in [0.29, 0.717) is 16.5 Å². The highest BCUT2D eigenvalue weighted by atomic mass is 35.5. The van der Waals surface area contributed by atoms with Crippen molar-refractivity contribution in [2.24, 2.45) is 0 Å². The number of benzene rings is 1. The second-order valence-corrected chi connectivity index (χ2v) is 6.36. The molecule has 2 heterocycles. The molecule has 1 aromatic carbocycles. The van der Waals surface area contributed by atoms with Crippen LogP contribution in [-0.4, -0.2) is 28.0 Å². The summed E-state index contributed by atoms with van der Waals surface area (Å²) in [6, 6.07) is 9.49. The first kappa shape index (κ1) is 15.1. The van der Waals surface area contributed by atoms with Crippen LogP contribution in [0.1, 0.15) is 43.6 Å². The maximum atomic E-state index is 12.7. The van der Waals surface area contributed by atoms with Crippen LogP contribution < -0.4 is 0 Å². The van der Waals surface area contributed by atoms with Crippen LogP contribution in [0.5, 0.6) is 0 Å². The van der Waals surface area contributed by atoms with E-state index in [4.69, 9.17) is 16.1 Å². The lowest BCUT2D eigenvalue weighted by molar-refractivity contribution is 0.0500. The van der Waals surface area contributed by atoms with E-state index < -0.39 is 0 Å². The lowest BCUT2D eigenvalue weighted by Gasteiger charge is -2.38. The van der Waals surface area contributed by atoms with Gasteiger partial charge in [-0.05, 0) is 45.2 Å². The molecule has 1 aromatic heterocycles. The average molecular weight is 319 g/mol. The van der Waals surface area contributed by atoms with E-state index in [1.165, 1.54) is 6.42 Å². The molecule has 1 fully saturated rings. The van der Waals surface area contributed by atoms with Crippen molar-refractivity contribution in [1.29, 1.82) is 0 Å². The number of amides is 1. The molecule has 0 spiro atoms. The van der Waals surface area contributed by atoms with E-state index in [9.17, 15) is 4.79 Å². The van der Waals surface area contributed by atoms with Crippen molar-refractivity contribution in [3.63, 3.8) is 0 Å². The molecule has 1 saturated heterocycles. The van der Waals surface area contributed by atoms with Crippen LogP contribution in [0.4, 0.5) is 0 Å². The fraction of sp³-hybridized carbons (Fsp3) is 0.412. The Balaban J connectivity index is 1.85.